The van der Waals surface area contributed by atoms with Gasteiger partial charge in [0.25, 0.3) is 0 Å². The Bertz CT molecular complexity index is 193. The first-order valence-corrected chi connectivity index (χ1v) is 6.19. The highest BCUT2D eigenvalue weighted by atomic mass is 79.9. The minimum absolute atomic E-state index is 0. The Hall–Kier alpha value is 1.14. The van der Waals surface area contributed by atoms with Gasteiger partial charge in [-0.2, -0.15) is 0 Å². The first-order chi connectivity index (χ1) is 7.86. The molecule has 2 saturated heterocycles. The van der Waals surface area contributed by atoms with Crippen molar-refractivity contribution in [3.05, 3.63) is 0 Å². The lowest BCUT2D eigenvalue weighted by Gasteiger charge is -2.16. The summed E-state index contributed by atoms with van der Waals surface area (Å²) in [6.45, 7) is 4.07. The molecule has 0 spiro atoms. The number of hydrogen-bond acceptors (Lipinski definition) is 4. The second kappa shape index (κ2) is 23.4. The Morgan fingerprint density at radius 1 is 0.619 bits per heavy atom. The van der Waals surface area contributed by atoms with Crippen LogP contribution in [0.5, 0.6) is 0 Å². The minimum atomic E-state index is 0. The first kappa shape index (κ1) is 33.7. The number of rotatable bonds is 2. The molecule has 132 valence electrons. The summed E-state index contributed by atoms with van der Waals surface area (Å²) in [5, 5.41) is 6.38. The molecule has 0 bridgehead atoms. The van der Waals surface area contributed by atoms with Crippen molar-refractivity contribution in [3.8, 4) is 0 Å². The van der Waals surface area contributed by atoms with Gasteiger partial charge in [0.1, 0.15) is 12.6 Å². The second-order valence-electron chi connectivity index (χ2n) is 4.45. The average molecular weight is 568 g/mol. The van der Waals surface area contributed by atoms with Gasteiger partial charge in [-0.1, -0.05) is 0 Å². The van der Waals surface area contributed by atoms with E-state index in [-0.39, 0.29) is 73.4 Å². The summed E-state index contributed by atoms with van der Waals surface area (Å²) in [5.41, 5.74) is 0. The van der Waals surface area contributed by atoms with Crippen LogP contribution in [-0.4, -0.2) is 44.2 Å². The number of hydrogen-bond donors (Lipinski definition) is 2. The molecule has 2 aliphatic rings. The van der Waals surface area contributed by atoms with E-state index in [0.29, 0.717) is 11.8 Å². The van der Waals surface area contributed by atoms with Crippen LogP contribution < -0.4 is 10.6 Å². The van der Waals surface area contributed by atoms with Crippen LogP contribution in [0.15, 0.2) is 0 Å². The van der Waals surface area contributed by atoms with Crippen molar-refractivity contribution < 1.29 is 15.1 Å². The predicted molar refractivity (Wildman–Crippen MR) is 108 cm³/mol. The van der Waals surface area contributed by atoms with Crippen LogP contribution in [-0.2, 0) is 9.59 Å². The molecule has 4 N–H and O–H groups in total. The maximum atomic E-state index is 10.1. The molecule has 0 radical (unpaired) electrons. The van der Waals surface area contributed by atoms with Crippen molar-refractivity contribution in [3.63, 3.8) is 0 Å². The maximum Gasteiger partial charge on any atom is 0.123 e. The number of carbonyl (C=O) groups excluding carboxylic acids is 2. The van der Waals surface area contributed by atoms with Crippen LogP contribution in [0, 0.1) is 11.8 Å². The second-order valence-corrected chi connectivity index (χ2v) is 4.45. The van der Waals surface area contributed by atoms with Crippen molar-refractivity contribution in [1.29, 1.82) is 0 Å². The third-order valence-corrected chi connectivity index (χ3v) is 3.15. The summed E-state index contributed by atoms with van der Waals surface area (Å²) in [4.78, 5) is 20.3. The van der Waals surface area contributed by atoms with E-state index in [4.69, 9.17) is 0 Å². The molecule has 0 saturated carbocycles. The van der Waals surface area contributed by atoms with Crippen molar-refractivity contribution in [1.82, 2.24) is 10.6 Å². The molecule has 0 unspecified atom stereocenters. The van der Waals surface area contributed by atoms with Crippen LogP contribution in [0.2, 0.25) is 0 Å². The molecule has 0 atom stereocenters. The topological polar surface area (TPSA) is 89.7 Å². The van der Waals surface area contributed by atoms with E-state index in [1.165, 1.54) is 0 Å². The quantitative estimate of drug-likeness (QED) is 0.499. The Morgan fingerprint density at radius 3 is 1.00 bits per heavy atom. The summed E-state index contributed by atoms with van der Waals surface area (Å²) >= 11 is 0. The molecule has 0 aromatic carbocycles. The fourth-order valence-electron chi connectivity index (χ4n) is 1.96. The fourth-order valence-corrected chi connectivity index (χ4v) is 1.96. The third-order valence-electron chi connectivity index (χ3n) is 3.15. The highest BCUT2D eigenvalue weighted by Gasteiger charge is 2.10. The Morgan fingerprint density at radius 2 is 0.857 bits per heavy atom. The standard InChI is InChI=1S/2C6H11NO.4BrH.H2O/c2*8-5-6-1-3-7-4-2-6;;;;;/h2*5-7H,1-4H2;4*1H;1H2. The van der Waals surface area contributed by atoms with E-state index in [1.54, 1.807) is 0 Å². The molecule has 0 aromatic rings. The average Bonchev–Trinajstić information content (AvgIpc) is 2.41. The van der Waals surface area contributed by atoms with E-state index < -0.39 is 0 Å². The molecule has 0 aliphatic carbocycles. The SMILES string of the molecule is Br.Br.Br.Br.O.O=CC1CCNCC1.O=CC1CCNCC1. The van der Waals surface area contributed by atoms with E-state index >= 15 is 0 Å². The van der Waals surface area contributed by atoms with Gasteiger partial charge in [-0.25, -0.2) is 0 Å². The molecule has 2 aliphatic heterocycles. The lowest BCUT2D eigenvalue weighted by atomic mass is 10.0. The van der Waals surface area contributed by atoms with Gasteiger partial charge in [-0.3, -0.25) is 0 Å². The molecule has 2 fully saturated rings. The number of piperidine rings is 2. The normalized spacial score (nSPS) is 17.5. The monoisotopic (exact) mass is 564 g/mol. The van der Waals surface area contributed by atoms with E-state index in [9.17, 15) is 9.59 Å². The van der Waals surface area contributed by atoms with Gasteiger partial charge in [-0.15, -0.1) is 67.9 Å². The van der Waals surface area contributed by atoms with Crippen molar-refractivity contribution in [2.24, 2.45) is 11.8 Å². The molecule has 2 rings (SSSR count). The van der Waals surface area contributed by atoms with Gasteiger partial charge < -0.3 is 25.7 Å². The molecular weight excluding hydrogens is 540 g/mol. The van der Waals surface area contributed by atoms with Crippen LogP contribution >= 0.6 is 67.9 Å². The molecule has 0 amide bonds. The molecular formula is C12H28Br4N2O3. The van der Waals surface area contributed by atoms with Gasteiger partial charge in [0.05, 0.1) is 0 Å². The Balaban J connectivity index is -0.0000000656. The van der Waals surface area contributed by atoms with Crippen LogP contribution in [0.3, 0.4) is 0 Å². The van der Waals surface area contributed by atoms with E-state index in [1.807, 2.05) is 0 Å². The van der Waals surface area contributed by atoms with E-state index in [2.05, 4.69) is 10.6 Å². The summed E-state index contributed by atoms with van der Waals surface area (Å²) < 4.78 is 0. The van der Waals surface area contributed by atoms with Crippen molar-refractivity contribution in [2.75, 3.05) is 26.2 Å². The minimum Gasteiger partial charge on any atom is -0.412 e. The maximum absolute atomic E-state index is 10.1. The van der Waals surface area contributed by atoms with E-state index in [0.717, 1.165) is 64.4 Å². The lowest BCUT2D eigenvalue weighted by molar-refractivity contribution is -0.112. The molecule has 5 nitrogen and oxygen atoms in total. The van der Waals surface area contributed by atoms with Gasteiger partial charge >= 0.3 is 0 Å². The summed E-state index contributed by atoms with van der Waals surface area (Å²) in [5.74, 6) is 0.688. The molecule has 21 heavy (non-hydrogen) atoms. The van der Waals surface area contributed by atoms with Gasteiger partial charge in [0.15, 0.2) is 0 Å². The van der Waals surface area contributed by atoms with Crippen molar-refractivity contribution in [2.45, 2.75) is 25.7 Å². The predicted octanol–water partition coefficient (Wildman–Crippen LogP) is 1.86. The number of carbonyl (C=O) groups is 2. The zero-order valence-electron chi connectivity index (χ0n) is 11.9. The summed E-state index contributed by atoms with van der Waals surface area (Å²) in [6.07, 6.45) is 6.27. The first-order valence-electron chi connectivity index (χ1n) is 6.19. The third kappa shape index (κ3) is 17.3. The van der Waals surface area contributed by atoms with Crippen LogP contribution in [0.25, 0.3) is 0 Å². The number of nitrogens with one attached hydrogen (secondary N) is 2. The van der Waals surface area contributed by atoms with Crippen LogP contribution in [0.1, 0.15) is 25.7 Å². The largest absolute Gasteiger partial charge is 0.412 e. The fraction of sp³-hybridized carbons (Fsp3) is 0.833. The summed E-state index contributed by atoms with van der Waals surface area (Å²) in [7, 11) is 0. The highest BCUT2D eigenvalue weighted by Crippen LogP contribution is 2.07. The Kier molecular flexibility index (Phi) is 37.5. The Labute approximate surface area is 169 Å². The molecule has 2 heterocycles. The number of halogens is 4. The highest BCUT2D eigenvalue weighted by molar-refractivity contribution is 8.93. The lowest BCUT2D eigenvalue weighted by Crippen LogP contribution is -2.28. The summed E-state index contributed by atoms with van der Waals surface area (Å²) in [6, 6.07) is 0. The van der Waals surface area contributed by atoms with Gasteiger partial charge in [0.2, 0.25) is 0 Å². The van der Waals surface area contributed by atoms with Gasteiger partial charge in [0, 0.05) is 11.8 Å². The molecule has 0 aromatic heterocycles. The van der Waals surface area contributed by atoms with Crippen molar-refractivity contribution >= 4 is 80.5 Å². The zero-order chi connectivity index (χ0) is 11.6. The smallest absolute Gasteiger partial charge is 0.123 e. The number of aldehydes is 2. The van der Waals surface area contributed by atoms with Gasteiger partial charge in [-0.05, 0) is 51.9 Å². The van der Waals surface area contributed by atoms with Crippen LogP contribution in [0.4, 0.5) is 0 Å². The molecule has 9 heteroatoms. The zero-order valence-corrected chi connectivity index (χ0v) is 18.8.